The maximum Gasteiger partial charge on any atom is 0.0712 e. The molecule has 0 heterocycles. The molecule has 0 aromatic carbocycles. The van der Waals surface area contributed by atoms with Crippen molar-refractivity contribution in [2.24, 2.45) is 22.7 Å². The van der Waals surface area contributed by atoms with E-state index in [2.05, 4.69) is 105 Å². The number of rotatable bonds is 8. The standard InChI is InChI=1S/C24H48N2/c1-19(17-23(3,4)5)15-21(25(9)10)13-14-22(26(11)12)16-20(2)18-24(6,7)8/h19-22H,15-18H2,1-12H3/t19-,20+,21-,22-/m0/s1. The van der Waals surface area contributed by atoms with Gasteiger partial charge in [0.25, 0.3) is 0 Å². The molecule has 2 heteroatoms. The lowest BCUT2D eigenvalue weighted by Gasteiger charge is -2.29. The minimum Gasteiger partial charge on any atom is -0.296 e. The van der Waals surface area contributed by atoms with Crippen molar-refractivity contribution < 1.29 is 0 Å². The molecule has 0 amide bonds. The summed E-state index contributed by atoms with van der Waals surface area (Å²) in [6.45, 7) is 18.7. The van der Waals surface area contributed by atoms with Crippen molar-refractivity contribution in [3.05, 3.63) is 0 Å². The van der Waals surface area contributed by atoms with Gasteiger partial charge in [0.15, 0.2) is 0 Å². The van der Waals surface area contributed by atoms with Crippen molar-refractivity contribution in [1.29, 1.82) is 0 Å². The molecule has 26 heavy (non-hydrogen) atoms. The smallest absolute Gasteiger partial charge is 0.0712 e. The molecular weight excluding hydrogens is 316 g/mol. The van der Waals surface area contributed by atoms with E-state index in [1.54, 1.807) is 0 Å². The average molecular weight is 365 g/mol. The molecule has 0 fully saturated rings. The Kier molecular flexibility index (Phi) is 10.5. The van der Waals surface area contributed by atoms with Crippen LogP contribution in [0.3, 0.4) is 0 Å². The molecule has 0 aliphatic heterocycles. The lowest BCUT2D eigenvalue weighted by atomic mass is 9.82. The van der Waals surface area contributed by atoms with Crippen LogP contribution in [0.5, 0.6) is 0 Å². The summed E-state index contributed by atoms with van der Waals surface area (Å²) in [5.74, 6) is 8.62. The van der Waals surface area contributed by atoms with Crippen molar-refractivity contribution in [3.8, 4) is 11.8 Å². The Morgan fingerprint density at radius 3 is 1.08 bits per heavy atom. The topological polar surface area (TPSA) is 6.48 Å². The van der Waals surface area contributed by atoms with Gasteiger partial charge in [-0.2, -0.15) is 0 Å². The summed E-state index contributed by atoms with van der Waals surface area (Å²) in [5, 5.41) is 0. The highest BCUT2D eigenvalue weighted by molar-refractivity contribution is 5.14. The first-order chi connectivity index (χ1) is 11.6. The van der Waals surface area contributed by atoms with Crippen LogP contribution in [0, 0.1) is 34.5 Å². The van der Waals surface area contributed by atoms with E-state index in [0.29, 0.717) is 34.7 Å². The first-order valence-corrected chi connectivity index (χ1v) is 10.4. The lowest BCUT2D eigenvalue weighted by molar-refractivity contribution is 0.241. The molecule has 2 nitrogen and oxygen atoms in total. The maximum absolute atomic E-state index is 3.62. The molecule has 0 N–H and O–H groups in total. The monoisotopic (exact) mass is 364 g/mol. The van der Waals surface area contributed by atoms with Crippen molar-refractivity contribution in [2.45, 2.75) is 93.2 Å². The molecule has 0 saturated carbocycles. The van der Waals surface area contributed by atoms with Crippen LogP contribution in [0.15, 0.2) is 0 Å². The van der Waals surface area contributed by atoms with Crippen molar-refractivity contribution in [3.63, 3.8) is 0 Å². The summed E-state index contributed by atoms with van der Waals surface area (Å²) in [6.07, 6.45) is 4.79. The molecule has 154 valence electrons. The van der Waals surface area contributed by atoms with E-state index in [4.69, 9.17) is 0 Å². The SMILES string of the molecule is C[C@H](C[C@H](C#C[C@@H](C[C@H](C)CC(C)(C)C)N(C)C)N(C)C)CC(C)(C)C. The van der Waals surface area contributed by atoms with E-state index in [1.807, 2.05) is 0 Å². The number of hydrogen-bond acceptors (Lipinski definition) is 2. The highest BCUT2D eigenvalue weighted by atomic mass is 15.1. The average Bonchev–Trinajstić information content (AvgIpc) is 2.36. The fourth-order valence-corrected chi connectivity index (χ4v) is 4.01. The Bertz CT molecular complexity index is 400. The second-order valence-corrected chi connectivity index (χ2v) is 11.5. The van der Waals surface area contributed by atoms with Crippen LogP contribution in [-0.4, -0.2) is 50.1 Å². The van der Waals surface area contributed by atoms with Gasteiger partial charge in [-0.3, -0.25) is 9.80 Å². The van der Waals surface area contributed by atoms with E-state index in [-0.39, 0.29) is 0 Å². The molecule has 0 aliphatic carbocycles. The van der Waals surface area contributed by atoms with Gasteiger partial charge < -0.3 is 0 Å². The number of nitrogens with zero attached hydrogens (tertiary/aromatic N) is 2. The summed E-state index contributed by atoms with van der Waals surface area (Å²) in [7, 11) is 8.65. The molecule has 0 rings (SSSR count). The van der Waals surface area contributed by atoms with E-state index in [9.17, 15) is 0 Å². The third kappa shape index (κ3) is 12.8. The fourth-order valence-electron chi connectivity index (χ4n) is 4.01. The first kappa shape index (κ1) is 25.5. The Balaban J connectivity index is 5.03. The molecule has 0 spiro atoms. The molecule has 0 bridgehead atoms. The van der Waals surface area contributed by atoms with Crippen LogP contribution in [-0.2, 0) is 0 Å². The van der Waals surface area contributed by atoms with Crippen LogP contribution in [0.2, 0.25) is 0 Å². The van der Waals surface area contributed by atoms with E-state index in [1.165, 1.54) is 12.8 Å². The largest absolute Gasteiger partial charge is 0.296 e. The molecule has 0 aliphatic rings. The van der Waals surface area contributed by atoms with Crippen LogP contribution < -0.4 is 0 Å². The first-order valence-electron chi connectivity index (χ1n) is 10.4. The Labute approximate surface area is 166 Å². The minimum atomic E-state index is 0.340. The zero-order valence-electron chi connectivity index (χ0n) is 20.0. The van der Waals surface area contributed by atoms with Crippen molar-refractivity contribution >= 4 is 0 Å². The normalized spacial score (nSPS) is 17.6. The van der Waals surface area contributed by atoms with Gasteiger partial charge in [-0.25, -0.2) is 0 Å². The minimum absolute atomic E-state index is 0.340. The van der Waals surface area contributed by atoms with Crippen LogP contribution >= 0.6 is 0 Å². The zero-order valence-corrected chi connectivity index (χ0v) is 20.0. The van der Waals surface area contributed by atoms with E-state index >= 15 is 0 Å². The molecule has 0 aromatic rings. The molecule has 0 saturated heterocycles. The second-order valence-electron chi connectivity index (χ2n) is 11.5. The predicted octanol–water partition coefficient (Wildman–Crippen LogP) is 5.78. The summed E-state index contributed by atoms with van der Waals surface area (Å²) in [4.78, 5) is 4.58. The molecular formula is C24H48N2. The van der Waals surface area contributed by atoms with Gasteiger partial charge in [-0.1, -0.05) is 67.2 Å². The fraction of sp³-hybridized carbons (Fsp3) is 0.917. The molecule has 4 atom stereocenters. The second kappa shape index (κ2) is 10.7. The van der Waals surface area contributed by atoms with E-state index in [0.717, 1.165) is 12.8 Å². The summed E-state index contributed by atoms with van der Waals surface area (Å²) in [5.41, 5.74) is 0.774. The highest BCUT2D eigenvalue weighted by Gasteiger charge is 2.21. The van der Waals surface area contributed by atoms with Crippen LogP contribution in [0.1, 0.15) is 81.1 Å². The Morgan fingerprint density at radius 1 is 0.615 bits per heavy atom. The third-order valence-corrected chi connectivity index (χ3v) is 4.84. The van der Waals surface area contributed by atoms with Gasteiger partial charge >= 0.3 is 0 Å². The van der Waals surface area contributed by atoms with Gasteiger partial charge in [0.05, 0.1) is 12.1 Å². The van der Waals surface area contributed by atoms with Gasteiger partial charge in [-0.05, 0) is 76.5 Å². The summed E-state index contributed by atoms with van der Waals surface area (Å²) >= 11 is 0. The van der Waals surface area contributed by atoms with Gasteiger partial charge in [-0.15, -0.1) is 0 Å². The maximum atomic E-state index is 3.62. The van der Waals surface area contributed by atoms with E-state index < -0.39 is 0 Å². The van der Waals surface area contributed by atoms with Gasteiger partial charge in [0, 0.05) is 0 Å². The third-order valence-electron chi connectivity index (χ3n) is 4.84. The predicted molar refractivity (Wildman–Crippen MR) is 118 cm³/mol. The summed E-state index contributed by atoms with van der Waals surface area (Å²) < 4.78 is 0. The van der Waals surface area contributed by atoms with Gasteiger partial charge in [0.2, 0.25) is 0 Å². The molecule has 0 aromatic heterocycles. The molecule has 0 unspecified atom stereocenters. The zero-order chi connectivity index (χ0) is 20.7. The van der Waals surface area contributed by atoms with Crippen molar-refractivity contribution in [2.75, 3.05) is 28.2 Å². The van der Waals surface area contributed by atoms with Crippen LogP contribution in [0.25, 0.3) is 0 Å². The van der Waals surface area contributed by atoms with Crippen LogP contribution in [0.4, 0.5) is 0 Å². The summed E-state index contributed by atoms with van der Waals surface area (Å²) in [6, 6.07) is 0.681. The van der Waals surface area contributed by atoms with Gasteiger partial charge in [0.1, 0.15) is 0 Å². The lowest BCUT2D eigenvalue weighted by Crippen LogP contribution is -2.32. The Hall–Kier alpha value is -0.520. The molecule has 0 radical (unpaired) electrons. The number of hydrogen-bond donors (Lipinski definition) is 0. The highest BCUT2D eigenvalue weighted by Crippen LogP contribution is 2.28. The quantitative estimate of drug-likeness (QED) is 0.504. The Morgan fingerprint density at radius 2 is 0.885 bits per heavy atom. The van der Waals surface area contributed by atoms with Crippen molar-refractivity contribution in [1.82, 2.24) is 9.80 Å².